The van der Waals surface area contributed by atoms with Crippen LogP contribution < -0.4 is 4.90 Å². The van der Waals surface area contributed by atoms with E-state index in [1.54, 1.807) is 6.20 Å². The number of benzene rings is 1. The van der Waals surface area contributed by atoms with Crippen molar-refractivity contribution in [2.24, 2.45) is 7.05 Å². The van der Waals surface area contributed by atoms with E-state index in [0.717, 1.165) is 29.1 Å². The van der Waals surface area contributed by atoms with E-state index < -0.39 is 0 Å². The lowest BCUT2D eigenvalue weighted by molar-refractivity contribution is -0.118. The van der Waals surface area contributed by atoms with Crippen LogP contribution in [0.3, 0.4) is 0 Å². The molecule has 0 aliphatic carbocycles. The molecule has 1 amide bonds. The zero-order valence-electron chi connectivity index (χ0n) is 15.4. The lowest BCUT2D eigenvalue weighted by Crippen LogP contribution is -2.41. The molecule has 0 fully saturated rings. The van der Waals surface area contributed by atoms with Crippen LogP contribution in [0.15, 0.2) is 42.7 Å². The van der Waals surface area contributed by atoms with Crippen molar-refractivity contribution in [2.45, 2.75) is 32.7 Å². The van der Waals surface area contributed by atoms with Crippen LogP contribution in [0.25, 0.3) is 0 Å². The summed E-state index contributed by atoms with van der Waals surface area (Å²) in [6.45, 7) is 4.61. The van der Waals surface area contributed by atoms with Gasteiger partial charge in [-0.05, 0) is 38.0 Å². The summed E-state index contributed by atoms with van der Waals surface area (Å²) in [6.07, 6.45) is 5.00. The molecule has 0 saturated carbocycles. The molecule has 134 valence electrons. The number of rotatable bonds is 3. The number of hydrogen-bond acceptors (Lipinski definition) is 3. The van der Waals surface area contributed by atoms with E-state index in [1.165, 1.54) is 5.56 Å². The molecule has 0 N–H and O–H groups in total. The Morgan fingerprint density at radius 3 is 2.73 bits per heavy atom. The second-order valence-corrected chi connectivity index (χ2v) is 6.93. The van der Waals surface area contributed by atoms with Crippen LogP contribution in [0.4, 0.5) is 5.69 Å². The summed E-state index contributed by atoms with van der Waals surface area (Å²) >= 11 is 0. The van der Waals surface area contributed by atoms with Crippen molar-refractivity contribution in [3.05, 3.63) is 65.2 Å². The number of fused-ring (bicyclic) bond motifs is 1. The molecule has 3 heterocycles. The van der Waals surface area contributed by atoms with Crippen molar-refractivity contribution in [1.29, 1.82) is 0 Å². The van der Waals surface area contributed by atoms with Gasteiger partial charge in [0.05, 0.1) is 18.2 Å². The highest BCUT2D eigenvalue weighted by molar-refractivity contribution is 5.96. The van der Waals surface area contributed by atoms with Gasteiger partial charge in [-0.25, -0.2) is 0 Å². The van der Waals surface area contributed by atoms with Crippen molar-refractivity contribution in [3.8, 4) is 0 Å². The fourth-order valence-electron chi connectivity index (χ4n) is 3.80. The summed E-state index contributed by atoms with van der Waals surface area (Å²) in [6, 6.07) is 10.2. The molecule has 0 radical (unpaired) electrons. The number of carbonyl (C=O) groups excluding carboxylic acids is 1. The smallest absolute Gasteiger partial charge is 0.231 e. The number of aryl methyl sites for hydroxylation is 2. The summed E-state index contributed by atoms with van der Waals surface area (Å²) in [5.74, 6) is 0.105. The van der Waals surface area contributed by atoms with Gasteiger partial charge in [0.15, 0.2) is 0 Å². The molecule has 0 spiro atoms. The Bertz CT molecular complexity index is 941. The Kier molecular flexibility index (Phi) is 4.11. The fourth-order valence-corrected chi connectivity index (χ4v) is 3.80. The minimum atomic E-state index is 0.105. The molecule has 6 nitrogen and oxygen atoms in total. The monoisotopic (exact) mass is 349 g/mol. The van der Waals surface area contributed by atoms with Crippen molar-refractivity contribution < 1.29 is 4.79 Å². The second-order valence-electron chi connectivity index (χ2n) is 6.93. The molecular formula is C20H23N5O. The lowest BCUT2D eigenvalue weighted by Gasteiger charge is -2.35. The number of carbonyl (C=O) groups is 1. The van der Waals surface area contributed by atoms with Crippen LogP contribution in [0.5, 0.6) is 0 Å². The number of aromatic nitrogens is 4. The number of para-hydroxylation sites is 1. The first-order chi connectivity index (χ1) is 12.5. The van der Waals surface area contributed by atoms with Gasteiger partial charge in [0, 0.05) is 42.9 Å². The van der Waals surface area contributed by atoms with E-state index in [-0.39, 0.29) is 11.9 Å². The van der Waals surface area contributed by atoms with Gasteiger partial charge in [-0.2, -0.15) is 10.2 Å². The maximum absolute atomic E-state index is 13.2. The SMILES string of the molecule is Cc1nn(C)c(C)c1CC(=O)N1C[C@H](n2cccn2)Cc2ccccc21. The quantitative estimate of drug-likeness (QED) is 0.730. The minimum Gasteiger partial charge on any atom is -0.310 e. The largest absolute Gasteiger partial charge is 0.310 e. The number of anilines is 1. The van der Waals surface area contributed by atoms with E-state index in [2.05, 4.69) is 16.3 Å². The summed E-state index contributed by atoms with van der Waals surface area (Å²) in [7, 11) is 1.92. The topological polar surface area (TPSA) is 56.0 Å². The predicted molar refractivity (Wildman–Crippen MR) is 100 cm³/mol. The second kappa shape index (κ2) is 6.44. The molecule has 2 aromatic heterocycles. The maximum atomic E-state index is 13.2. The molecule has 1 aliphatic rings. The van der Waals surface area contributed by atoms with E-state index in [9.17, 15) is 4.79 Å². The molecule has 3 aromatic rings. The van der Waals surface area contributed by atoms with Gasteiger partial charge in [-0.1, -0.05) is 18.2 Å². The normalized spacial score (nSPS) is 16.6. The zero-order valence-corrected chi connectivity index (χ0v) is 15.4. The zero-order chi connectivity index (χ0) is 18.3. The highest BCUT2D eigenvalue weighted by atomic mass is 16.2. The lowest BCUT2D eigenvalue weighted by atomic mass is 9.97. The van der Waals surface area contributed by atoms with Gasteiger partial charge in [-0.3, -0.25) is 14.2 Å². The van der Waals surface area contributed by atoms with E-state index in [4.69, 9.17) is 0 Å². The van der Waals surface area contributed by atoms with Gasteiger partial charge in [0.25, 0.3) is 0 Å². The molecule has 1 aromatic carbocycles. The molecular weight excluding hydrogens is 326 g/mol. The molecule has 1 atom stereocenters. The molecule has 0 unspecified atom stereocenters. The highest BCUT2D eigenvalue weighted by Gasteiger charge is 2.30. The minimum absolute atomic E-state index is 0.105. The van der Waals surface area contributed by atoms with Crippen molar-refractivity contribution in [3.63, 3.8) is 0 Å². The fraction of sp³-hybridized carbons (Fsp3) is 0.350. The van der Waals surface area contributed by atoms with Gasteiger partial charge in [-0.15, -0.1) is 0 Å². The van der Waals surface area contributed by atoms with Crippen LogP contribution in [-0.2, 0) is 24.7 Å². The van der Waals surface area contributed by atoms with Crippen LogP contribution >= 0.6 is 0 Å². The average Bonchev–Trinajstić information content (AvgIpc) is 3.25. The molecule has 0 saturated heterocycles. The number of hydrogen-bond donors (Lipinski definition) is 0. The van der Waals surface area contributed by atoms with Crippen molar-refractivity contribution in [2.75, 3.05) is 11.4 Å². The predicted octanol–water partition coefficient (Wildman–Crippen LogP) is 2.61. The Morgan fingerprint density at radius 1 is 1.23 bits per heavy atom. The molecule has 26 heavy (non-hydrogen) atoms. The number of amides is 1. The first-order valence-corrected chi connectivity index (χ1v) is 8.91. The average molecular weight is 349 g/mol. The van der Waals surface area contributed by atoms with Gasteiger partial charge < -0.3 is 4.90 Å². The van der Waals surface area contributed by atoms with Crippen molar-refractivity contribution in [1.82, 2.24) is 19.6 Å². The van der Waals surface area contributed by atoms with E-state index in [0.29, 0.717) is 13.0 Å². The highest BCUT2D eigenvalue weighted by Crippen LogP contribution is 2.32. The van der Waals surface area contributed by atoms with Crippen LogP contribution in [-0.4, -0.2) is 32.0 Å². The molecule has 1 aliphatic heterocycles. The van der Waals surface area contributed by atoms with Crippen LogP contribution in [0.1, 0.15) is 28.6 Å². The van der Waals surface area contributed by atoms with Gasteiger partial charge >= 0.3 is 0 Å². The number of nitrogens with zero attached hydrogens (tertiary/aromatic N) is 5. The van der Waals surface area contributed by atoms with Crippen LogP contribution in [0, 0.1) is 13.8 Å². The van der Waals surface area contributed by atoms with Gasteiger partial charge in [0.1, 0.15) is 0 Å². The summed E-state index contributed by atoms with van der Waals surface area (Å²) in [5, 5.41) is 8.83. The Labute approximate surface area is 153 Å². The standard InChI is InChI=1S/C20H23N5O/c1-14-18(15(2)23(3)22-14)12-20(26)24-13-17(25-10-6-9-21-25)11-16-7-4-5-8-19(16)24/h4-10,17H,11-13H2,1-3H3/t17-/m1/s1. The third-order valence-corrected chi connectivity index (χ3v) is 5.32. The third kappa shape index (κ3) is 2.81. The third-order valence-electron chi connectivity index (χ3n) is 5.32. The Hall–Kier alpha value is -2.89. The van der Waals surface area contributed by atoms with Gasteiger partial charge in [0.2, 0.25) is 5.91 Å². The first kappa shape index (κ1) is 16.6. The maximum Gasteiger partial charge on any atom is 0.231 e. The Balaban J connectivity index is 1.66. The summed E-state index contributed by atoms with van der Waals surface area (Å²) in [5.41, 5.74) is 5.19. The van der Waals surface area contributed by atoms with Crippen LogP contribution in [0.2, 0.25) is 0 Å². The van der Waals surface area contributed by atoms with Crippen molar-refractivity contribution >= 4 is 11.6 Å². The first-order valence-electron chi connectivity index (χ1n) is 8.91. The molecule has 4 rings (SSSR count). The molecule has 6 heteroatoms. The summed E-state index contributed by atoms with van der Waals surface area (Å²) in [4.78, 5) is 15.1. The summed E-state index contributed by atoms with van der Waals surface area (Å²) < 4.78 is 3.80. The molecule has 0 bridgehead atoms. The van der Waals surface area contributed by atoms with E-state index in [1.807, 2.05) is 65.6 Å². The van der Waals surface area contributed by atoms with E-state index >= 15 is 0 Å². The Morgan fingerprint density at radius 2 is 2.04 bits per heavy atom.